The summed E-state index contributed by atoms with van der Waals surface area (Å²) in [6, 6.07) is 9.26. The van der Waals surface area contributed by atoms with Crippen molar-refractivity contribution >= 4 is 39.2 Å². The molecule has 0 unspecified atom stereocenters. The number of nitrogens with two attached hydrogens (primary N) is 1. The molecule has 8 nitrogen and oxygen atoms in total. The zero-order valence-corrected chi connectivity index (χ0v) is 17.6. The van der Waals surface area contributed by atoms with Gasteiger partial charge in [-0.3, -0.25) is 14.5 Å². The van der Waals surface area contributed by atoms with Crippen molar-refractivity contribution in [2.45, 2.75) is 39.0 Å². The standard InChI is InChI=1S/C21H23N5O3S/c1-12-7-16(10-26(12)11-17-9-23-21(30-17)24-13(2)27)29-19-6-4-14-8-15(20(22)28)3-5-18(14)25-19/h3-6,8-9,12,16H,7,10-11H2,1-2H3,(H2,22,28)(H,23,24,27)/t12-,16+/m0/s1. The monoisotopic (exact) mass is 425 g/mol. The number of fused-ring (bicyclic) bond motifs is 1. The summed E-state index contributed by atoms with van der Waals surface area (Å²) in [4.78, 5) is 34.7. The second-order valence-corrected chi connectivity index (χ2v) is 8.60. The third kappa shape index (κ3) is 4.58. The smallest absolute Gasteiger partial charge is 0.248 e. The van der Waals surface area contributed by atoms with Gasteiger partial charge in [0.25, 0.3) is 0 Å². The molecule has 3 N–H and O–H groups in total. The molecule has 4 rings (SSSR count). The first-order chi connectivity index (χ1) is 14.4. The van der Waals surface area contributed by atoms with Crippen LogP contribution in [0, 0.1) is 0 Å². The number of anilines is 1. The maximum Gasteiger partial charge on any atom is 0.248 e. The number of primary amides is 1. The van der Waals surface area contributed by atoms with Crippen LogP contribution in [0.25, 0.3) is 10.9 Å². The predicted molar refractivity (Wildman–Crippen MR) is 116 cm³/mol. The lowest BCUT2D eigenvalue weighted by molar-refractivity contribution is -0.114. The molecule has 30 heavy (non-hydrogen) atoms. The minimum absolute atomic E-state index is 0.0394. The van der Waals surface area contributed by atoms with Gasteiger partial charge in [0.05, 0.1) is 5.52 Å². The van der Waals surface area contributed by atoms with E-state index in [2.05, 4.69) is 27.1 Å². The number of benzene rings is 1. The Morgan fingerprint density at radius 1 is 1.33 bits per heavy atom. The average molecular weight is 426 g/mol. The summed E-state index contributed by atoms with van der Waals surface area (Å²) < 4.78 is 6.14. The van der Waals surface area contributed by atoms with Gasteiger partial charge in [0.1, 0.15) is 6.10 Å². The van der Waals surface area contributed by atoms with Crippen molar-refractivity contribution in [1.29, 1.82) is 0 Å². The van der Waals surface area contributed by atoms with Gasteiger partial charge in [0.15, 0.2) is 5.13 Å². The fraction of sp³-hybridized carbons (Fsp3) is 0.333. The number of thiazole rings is 1. The summed E-state index contributed by atoms with van der Waals surface area (Å²) in [6.07, 6.45) is 2.75. The Bertz CT molecular complexity index is 1100. The fourth-order valence-corrected chi connectivity index (χ4v) is 4.52. The van der Waals surface area contributed by atoms with Gasteiger partial charge in [0.2, 0.25) is 17.7 Å². The number of nitrogens with one attached hydrogen (secondary N) is 1. The number of pyridine rings is 1. The summed E-state index contributed by atoms with van der Waals surface area (Å²) in [7, 11) is 0. The molecule has 156 valence electrons. The molecular formula is C21H23N5O3S. The van der Waals surface area contributed by atoms with E-state index in [9.17, 15) is 9.59 Å². The molecule has 1 aliphatic heterocycles. The zero-order chi connectivity index (χ0) is 21.3. The van der Waals surface area contributed by atoms with E-state index in [1.807, 2.05) is 18.3 Å². The predicted octanol–water partition coefficient (Wildman–Crippen LogP) is 2.79. The first-order valence-electron chi connectivity index (χ1n) is 9.71. The number of ether oxygens (including phenoxy) is 1. The van der Waals surface area contributed by atoms with Crippen LogP contribution >= 0.6 is 11.3 Å². The molecule has 2 atom stereocenters. The van der Waals surface area contributed by atoms with Gasteiger partial charge in [-0.1, -0.05) is 0 Å². The van der Waals surface area contributed by atoms with Crippen LogP contribution in [0.2, 0.25) is 0 Å². The van der Waals surface area contributed by atoms with E-state index in [0.29, 0.717) is 22.6 Å². The minimum Gasteiger partial charge on any atom is -0.473 e. The van der Waals surface area contributed by atoms with Gasteiger partial charge >= 0.3 is 0 Å². The molecule has 3 aromatic rings. The minimum atomic E-state index is -0.456. The Kier molecular flexibility index (Phi) is 5.65. The number of likely N-dealkylation sites (tertiary alicyclic amines) is 1. The summed E-state index contributed by atoms with van der Waals surface area (Å²) in [5.41, 5.74) is 6.56. The number of carbonyl (C=O) groups is 2. The molecule has 0 bridgehead atoms. The number of amides is 2. The van der Waals surface area contributed by atoms with Crippen molar-refractivity contribution in [2.75, 3.05) is 11.9 Å². The molecule has 3 heterocycles. The van der Waals surface area contributed by atoms with Crippen LogP contribution in [-0.2, 0) is 11.3 Å². The van der Waals surface area contributed by atoms with Crippen LogP contribution in [0.5, 0.6) is 5.88 Å². The SMILES string of the molecule is CC(=O)Nc1ncc(CN2C[C@H](Oc3ccc4cc(C(N)=O)ccc4n3)C[C@@H]2C)s1. The van der Waals surface area contributed by atoms with Gasteiger partial charge in [-0.25, -0.2) is 9.97 Å². The highest BCUT2D eigenvalue weighted by atomic mass is 32.1. The maximum absolute atomic E-state index is 11.3. The molecule has 0 spiro atoms. The second kappa shape index (κ2) is 8.37. The summed E-state index contributed by atoms with van der Waals surface area (Å²) >= 11 is 1.49. The number of rotatable bonds is 6. The van der Waals surface area contributed by atoms with E-state index in [0.717, 1.165) is 35.3 Å². The molecule has 0 radical (unpaired) electrons. The number of nitrogens with zero attached hydrogens (tertiary/aromatic N) is 3. The highest BCUT2D eigenvalue weighted by Crippen LogP contribution is 2.27. The maximum atomic E-state index is 11.3. The first kappa shape index (κ1) is 20.2. The van der Waals surface area contributed by atoms with Crippen LogP contribution in [-0.4, -0.2) is 45.4 Å². The molecule has 1 aromatic carbocycles. The van der Waals surface area contributed by atoms with Crippen LogP contribution in [0.3, 0.4) is 0 Å². The van der Waals surface area contributed by atoms with Crippen LogP contribution in [0.1, 0.15) is 35.5 Å². The van der Waals surface area contributed by atoms with Gasteiger partial charge in [-0.05, 0) is 31.2 Å². The molecule has 0 saturated carbocycles. The van der Waals surface area contributed by atoms with Crippen LogP contribution in [0.15, 0.2) is 36.5 Å². The van der Waals surface area contributed by atoms with Crippen molar-refractivity contribution < 1.29 is 14.3 Å². The Hall–Kier alpha value is -3.04. The highest BCUT2D eigenvalue weighted by Gasteiger charge is 2.31. The molecular weight excluding hydrogens is 402 g/mol. The van der Waals surface area contributed by atoms with Crippen molar-refractivity contribution in [3.8, 4) is 5.88 Å². The van der Waals surface area contributed by atoms with E-state index in [1.165, 1.54) is 18.3 Å². The normalized spacial score (nSPS) is 19.1. The summed E-state index contributed by atoms with van der Waals surface area (Å²) in [5.74, 6) is -0.00542. The molecule has 1 fully saturated rings. The molecule has 9 heteroatoms. The van der Waals surface area contributed by atoms with Crippen molar-refractivity contribution in [2.24, 2.45) is 5.73 Å². The van der Waals surface area contributed by atoms with E-state index in [1.54, 1.807) is 18.2 Å². The zero-order valence-electron chi connectivity index (χ0n) is 16.8. The Labute approximate surface area is 178 Å². The number of hydrogen-bond donors (Lipinski definition) is 2. The quantitative estimate of drug-likeness (QED) is 0.628. The van der Waals surface area contributed by atoms with Crippen molar-refractivity contribution in [1.82, 2.24) is 14.9 Å². The third-order valence-corrected chi connectivity index (χ3v) is 5.99. The van der Waals surface area contributed by atoms with Crippen LogP contribution in [0.4, 0.5) is 5.13 Å². The lowest BCUT2D eigenvalue weighted by atomic mass is 10.1. The fourth-order valence-electron chi connectivity index (χ4n) is 3.64. The molecule has 0 aliphatic carbocycles. The van der Waals surface area contributed by atoms with Gasteiger partial charge < -0.3 is 15.8 Å². The molecule has 1 saturated heterocycles. The van der Waals surface area contributed by atoms with E-state index in [-0.39, 0.29) is 12.0 Å². The number of aromatic nitrogens is 2. The summed E-state index contributed by atoms with van der Waals surface area (Å²) in [5, 5.41) is 4.19. The Morgan fingerprint density at radius 2 is 2.17 bits per heavy atom. The van der Waals surface area contributed by atoms with E-state index < -0.39 is 5.91 Å². The highest BCUT2D eigenvalue weighted by molar-refractivity contribution is 7.15. The third-order valence-electron chi connectivity index (χ3n) is 5.10. The van der Waals surface area contributed by atoms with Gasteiger partial charge in [-0.15, -0.1) is 11.3 Å². The lowest BCUT2D eigenvalue weighted by Gasteiger charge is -2.19. The topological polar surface area (TPSA) is 110 Å². The largest absolute Gasteiger partial charge is 0.473 e. The number of hydrogen-bond acceptors (Lipinski definition) is 7. The van der Waals surface area contributed by atoms with E-state index in [4.69, 9.17) is 10.5 Å². The Balaban J connectivity index is 1.39. The van der Waals surface area contributed by atoms with Crippen LogP contribution < -0.4 is 15.8 Å². The van der Waals surface area contributed by atoms with Gasteiger partial charge in [-0.2, -0.15) is 0 Å². The molecule has 2 aromatic heterocycles. The first-order valence-corrected chi connectivity index (χ1v) is 10.5. The van der Waals surface area contributed by atoms with E-state index >= 15 is 0 Å². The number of carbonyl (C=O) groups excluding carboxylic acids is 2. The Morgan fingerprint density at radius 3 is 2.93 bits per heavy atom. The van der Waals surface area contributed by atoms with Crippen molar-refractivity contribution in [3.05, 3.63) is 47.0 Å². The van der Waals surface area contributed by atoms with Gasteiger partial charge in [0, 0.05) is 60.6 Å². The van der Waals surface area contributed by atoms with Crippen molar-refractivity contribution in [3.63, 3.8) is 0 Å². The average Bonchev–Trinajstić information content (AvgIpc) is 3.27. The molecule has 2 amide bonds. The lowest BCUT2D eigenvalue weighted by Crippen LogP contribution is -2.27. The summed E-state index contributed by atoms with van der Waals surface area (Å²) in [6.45, 7) is 5.20. The second-order valence-electron chi connectivity index (χ2n) is 7.49. The molecule has 1 aliphatic rings.